The lowest BCUT2D eigenvalue weighted by atomic mass is 9.99. The van der Waals surface area contributed by atoms with E-state index in [4.69, 9.17) is 9.73 Å². The predicted octanol–water partition coefficient (Wildman–Crippen LogP) is 7.58. The Hall–Kier alpha value is -1.69. The molecule has 0 saturated heterocycles. The van der Waals surface area contributed by atoms with E-state index in [0.29, 0.717) is 5.90 Å². The molecule has 0 aromatic heterocycles. The van der Waals surface area contributed by atoms with Gasteiger partial charge in [-0.15, -0.1) is 0 Å². The quantitative estimate of drug-likeness (QED) is 0.294. The minimum absolute atomic E-state index is 0.0165. The number of nitrogens with zero attached hydrogens (tertiary/aromatic N) is 1. The first-order chi connectivity index (χ1) is 14.1. The second-order valence-electron chi connectivity index (χ2n) is 6.74. The van der Waals surface area contributed by atoms with Crippen LogP contribution in [0.2, 0.25) is 0 Å². The van der Waals surface area contributed by atoms with E-state index in [9.17, 15) is 0 Å². The van der Waals surface area contributed by atoms with Crippen LogP contribution in [0.3, 0.4) is 0 Å². The van der Waals surface area contributed by atoms with Gasteiger partial charge in [0.15, 0.2) is 0 Å². The van der Waals surface area contributed by atoms with Gasteiger partial charge in [-0.25, -0.2) is 4.99 Å². The van der Waals surface area contributed by atoms with Crippen molar-refractivity contribution < 1.29 is 4.74 Å². The van der Waals surface area contributed by atoms with Gasteiger partial charge in [0.05, 0.1) is 10.9 Å². The maximum atomic E-state index is 6.36. The molecule has 29 heavy (non-hydrogen) atoms. The van der Waals surface area contributed by atoms with Crippen molar-refractivity contribution in [1.29, 1.82) is 0 Å². The second-order valence-corrected chi connectivity index (χ2v) is 9.62. The molecular formula is C24H18Br3NO. The molecule has 0 fully saturated rings. The highest BCUT2D eigenvalue weighted by Crippen LogP contribution is 2.36. The molecule has 0 N–H and O–H groups in total. The Balaban J connectivity index is 1.68. The van der Waals surface area contributed by atoms with E-state index in [1.807, 2.05) is 54.6 Å². The molecule has 0 spiro atoms. The van der Waals surface area contributed by atoms with Crippen LogP contribution in [0.5, 0.6) is 0 Å². The summed E-state index contributed by atoms with van der Waals surface area (Å²) in [5.74, 6) is 0.666. The normalized spacial score (nSPS) is 21.6. The summed E-state index contributed by atoms with van der Waals surface area (Å²) >= 11 is 10.9. The lowest BCUT2D eigenvalue weighted by molar-refractivity contribution is 0.169. The smallest absolute Gasteiger partial charge is 0.217 e. The molecule has 3 aromatic rings. The summed E-state index contributed by atoms with van der Waals surface area (Å²) in [4.78, 5) is 4.92. The van der Waals surface area contributed by atoms with Crippen LogP contribution in [-0.4, -0.2) is 16.8 Å². The molecule has 4 rings (SSSR count). The van der Waals surface area contributed by atoms with Gasteiger partial charge in [0, 0.05) is 14.5 Å². The maximum Gasteiger partial charge on any atom is 0.217 e. The monoisotopic (exact) mass is 573 g/mol. The van der Waals surface area contributed by atoms with E-state index in [0.717, 1.165) is 25.6 Å². The summed E-state index contributed by atoms with van der Waals surface area (Å²) in [6.45, 7) is 0. The minimum atomic E-state index is -0.143. The SMILES string of the molecule is Brc1ccc(/C=C/C2N=C(c3ccccc3)OC(c3ccc(Br)cc3)C2Br)cc1. The Bertz CT molecular complexity index is 1010. The first-order valence-corrected chi connectivity index (χ1v) is 11.7. The largest absolute Gasteiger partial charge is 0.468 e. The summed E-state index contributed by atoms with van der Waals surface area (Å²) in [7, 11) is 0. The average molecular weight is 576 g/mol. The summed E-state index contributed by atoms with van der Waals surface area (Å²) in [5, 5.41) is 0. The van der Waals surface area contributed by atoms with E-state index in [1.165, 1.54) is 0 Å². The van der Waals surface area contributed by atoms with Crippen molar-refractivity contribution >= 4 is 59.8 Å². The van der Waals surface area contributed by atoms with Crippen molar-refractivity contribution in [3.8, 4) is 0 Å². The fourth-order valence-electron chi connectivity index (χ4n) is 3.16. The van der Waals surface area contributed by atoms with Gasteiger partial charge in [0.2, 0.25) is 5.90 Å². The molecule has 146 valence electrons. The fraction of sp³-hybridized carbons (Fsp3) is 0.125. The number of halogens is 3. The molecule has 0 amide bonds. The van der Waals surface area contributed by atoms with Crippen molar-refractivity contribution in [3.63, 3.8) is 0 Å². The Morgan fingerprint density at radius 1 is 0.793 bits per heavy atom. The van der Waals surface area contributed by atoms with Gasteiger partial charge in [-0.3, -0.25) is 0 Å². The number of ether oxygens (including phenoxy) is 1. The van der Waals surface area contributed by atoms with Gasteiger partial charge in [0.1, 0.15) is 6.10 Å². The van der Waals surface area contributed by atoms with Gasteiger partial charge >= 0.3 is 0 Å². The fourth-order valence-corrected chi connectivity index (χ4v) is 4.40. The van der Waals surface area contributed by atoms with Gasteiger partial charge in [-0.2, -0.15) is 0 Å². The Morgan fingerprint density at radius 3 is 2.07 bits per heavy atom. The second kappa shape index (κ2) is 9.41. The van der Waals surface area contributed by atoms with Crippen molar-refractivity contribution in [3.05, 3.63) is 111 Å². The number of hydrogen-bond acceptors (Lipinski definition) is 2. The van der Waals surface area contributed by atoms with E-state index in [1.54, 1.807) is 0 Å². The number of hydrogen-bond donors (Lipinski definition) is 0. The van der Waals surface area contributed by atoms with E-state index in [-0.39, 0.29) is 17.0 Å². The first kappa shape index (κ1) is 20.6. The van der Waals surface area contributed by atoms with E-state index >= 15 is 0 Å². The molecule has 0 bridgehead atoms. The number of rotatable bonds is 4. The molecule has 1 aliphatic heterocycles. The first-order valence-electron chi connectivity index (χ1n) is 9.23. The zero-order valence-electron chi connectivity index (χ0n) is 15.4. The molecule has 3 atom stereocenters. The van der Waals surface area contributed by atoms with Crippen LogP contribution >= 0.6 is 47.8 Å². The van der Waals surface area contributed by atoms with Crippen LogP contribution in [0.1, 0.15) is 22.8 Å². The summed E-state index contributed by atoms with van der Waals surface area (Å²) < 4.78 is 8.47. The molecule has 1 heterocycles. The van der Waals surface area contributed by atoms with Gasteiger partial charge < -0.3 is 4.74 Å². The molecule has 3 unspecified atom stereocenters. The number of aliphatic imine (C=N–C) groups is 1. The van der Waals surface area contributed by atoms with E-state index < -0.39 is 0 Å². The maximum absolute atomic E-state index is 6.36. The summed E-state index contributed by atoms with van der Waals surface area (Å²) in [6.07, 6.45) is 4.11. The molecule has 5 heteroatoms. The van der Waals surface area contributed by atoms with Crippen molar-refractivity contribution in [2.75, 3.05) is 0 Å². The number of benzene rings is 3. The third-order valence-electron chi connectivity index (χ3n) is 4.70. The lowest BCUT2D eigenvalue weighted by Gasteiger charge is -2.32. The van der Waals surface area contributed by atoms with Gasteiger partial charge in [0.25, 0.3) is 0 Å². The molecule has 0 radical (unpaired) electrons. The molecule has 3 aromatic carbocycles. The zero-order chi connectivity index (χ0) is 20.2. The molecular weight excluding hydrogens is 558 g/mol. The predicted molar refractivity (Wildman–Crippen MR) is 131 cm³/mol. The molecule has 0 aliphatic carbocycles. The third kappa shape index (κ3) is 5.08. The number of alkyl halides is 1. The van der Waals surface area contributed by atoms with Gasteiger partial charge in [-0.1, -0.05) is 102 Å². The topological polar surface area (TPSA) is 21.6 Å². The highest BCUT2D eigenvalue weighted by atomic mass is 79.9. The van der Waals surface area contributed by atoms with Crippen molar-refractivity contribution in [1.82, 2.24) is 0 Å². The van der Waals surface area contributed by atoms with Crippen LogP contribution in [-0.2, 0) is 4.74 Å². The molecule has 2 nitrogen and oxygen atoms in total. The average Bonchev–Trinajstić information content (AvgIpc) is 2.75. The summed E-state index contributed by atoms with van der Waals surface area (Å²) in [6, 6.07) is 26.5. The Morgan fingerprint density at radius 2 is 1.41 bits per heavy atom. The molecule has 0 saturated carbocycles. The summed E-state index contributed by atoms with van der Waals surface area (Å²) in [5.41, 5.74) is 3.23. The highest BCUT2D eigenvalue weighted by molar-refractivity contribution is 9.10. The molecule has 1 aliphatic rings. The van der Waals surface area contributed by atoms with Crippen LogP contribution < -0.4 is 0 Å². The van der Waals surface area contributed by atoms with Crippen LogP contribution in [0.4, 0.5) is 0 Å². The minimum Gasteiger partial charge on any atom is -0.468 e. The third-order valence-corrected chi connectivity index (χ3v) is 6.77. The Labute approximate surface area is 196 Å². The van der Waals surface area contributed by atoms with Crippen LogP contribution in [0, 0.1) is 0 Å². The van der Waals surface area contributed by atoms with Crippen LogP contribution in [0.15, 0.2) is 98.9 Å². The zero-order valence-corrected chi connectivity index (χ0v) is 20.1. The van der Waals surface area contributed by atoms with Crippen molar-refractivity contribution in [2.24, 2.45) is 4.99 Å². The standard InChI is InChI=1S/C24H18Br3NO/c25-19-11-6-16(7-12-19)8-15-21-22(27)23(17-9-13-20(26)14-10-17)29-24(28-21)18-4-2-1-3-5-18/h1-15,21-23H/b15-8+. The van der Waals surface area contributed by atoms with Crippen LogP contribution in [0.25, 0.3) is 6.08 Å². The van der Waals surface area contributed by atoms with E-state index in [2.05, 4.69) is 84.2 Å². The Kier molecular flexibility index (Phi) is 6.68. The van der Waals surface area contributed by atoms with Gasteiger partial charge in [-0.05, 0) is 47.5 Å². The highest BCUT2D eigenvalue weighted by Gasteiger charge is 2.34. The van der Waals surface area contributed by atoms with Crippen molar-refractivity contribution in [2.45, 2.75) is 17.0 Å². The lowest BCUT2D eigenvalue weighted by Crippen LogP contribution is -2.34.